The van der Waals surface area contributed by atoms with E-state index in [2.05, 4.69) is 15.6 Å². The molecule has 112 valence electrons. The predicted octanol–water partition coefficient (Wildman–Crippen LogP) is 1.60. The zero-order valence-corrected chi connectivity index (χ0v) is 12.5. The Morgan fingerprint density at radius 1 is 1.48 bits per heavy atom. The number of aliphatic hydroxyl groups excluding tert-OH is 1. The van der Waals surface area contributed by atoms with Gasteiger partial charge in [0.2, 0.25) is 0 Å². The molecule has 1 heterocycles. The van der Waals surface area contributed by atoms with Crippen LogP contribution < -0.4 is 5.32 Å². The van der Waals surface area contributed by atoms with E-state index in [1.54, 1.807) is 16.8 Å². The van der Waals surface area contributed by atoms with Gasteiger partial charge in [-0.05, 0) is 24.6 Å². The van der Waals surface area contributed by atoms with E-state index in [0.29, 0.717) is 11.4 Å². The highest BCUT2D eigenvalue weighted by molar-refractivity contribution is 6.30. The molecular formula is C14H17ClN4O2. The maximum atomic E-state index is 12.0. The molecule has 1 amide bonds. The normalized spacial score (nSPS) is 10.6. The minimum Gasteiger partial charge on any atom is -0.395 e. The Hall–Kier alpha value is -1.92. The molecular weight excluding hydrogens is 292 g/mol. The Kier molecular flexibility index (Phi) is 5.30. The number of amides is 1. The zero-order valence-electron chi connectivity index (χ0n) is 11.7. The van der Waals surface area contributed by atoms with Crippen LogP contribution >= 0.6 is 11.6 Å². The fraction of sp³-hybridized carbons (Fsp3) is 0.357. The molecule has 7 heteroatoms. The van der Waals surface area contributed by atoms with Crippen molar-refractivity contribution < 1.29 is 9.90 Å². The number of aliphatic hydroxyl groups is 1. The number of hydrogen-bond acceptors (Lipinski definition) is 4. The van der Waals surface area contributed by atoms with Gasteiger partial charge in [-0.1, -0.05) is 36.2 Å². The molecule has 0 saturated carbocycles. The third-order valence-corrected chi connectivity index (χ3v) is 3.15. The zero-order chi connectivity index (χ0) is 15.2. The molecule has 2 N–H and O–H groups in total. The van der Waals surface area contributed by atoms with Gasteiger partial charge in [-0.15, -0.1) is 5.10 Å². The molecule has 1 aromatic heterocycles. The lowest BCUT2D eigenvalue weighted by molar-refractivity contribution is 0.0938. The number of nitrogens with zero attached hydrogens (tertiary/aromatic N) is 3. The molecule has 0 aliphatic rings. The molecule has 0 bridgehead atoms. The number of hydrogen-bond donors (Lipinski definition) is 2. The number of carbonyl (C=O) groups excluding carboxylic acids is 1. The first-order chi connectivity index (χ1) is 10.2. The van der Waals surface area contributed by atoms with Crippen LogP contribution in [-0.2, 0) is 6.42 Å². The standard InChI is InChI=1S/C14H17ClN4O2/c1-2-4-12-13(14(21)16-7-8-20)17-18-19(12)11-6-3-5-10(15)9-11/h3,5-6,9,20H,2,4,7-8H2,1H3,(H,16,21). The first-order valence-corrected chi connectivity index (χ1v) is 7.14. The summed E-state index contributed by atoms with van der Waals surface area (Å²) in [6.07, 6.45) is 1.52. The molecule has 0 aliphatic carbocycles. The Bertz CT molecular complexity index is 627. The van der Waals surface area contributed by atoms with Crippen LogP contribution in [-0.4, -0.2) is 39.2 Å². The van der Waals surface area contributed by atoms with Crippen molar-refractivity contribution in [2.45, 2.75) is 19.8 Å². The van der Waals surface area contributed by atoms with E-state index in [1.807, 2.05) is 19.1 Å². The molecule has 0 atom stereocenters. The summed E-state index contributed by atoms with van der Waals surface area (Å²) in [6, 6.07) is 7.22. The van der Waals surface area contributed by atoms with Gasteiger partial charge in [-0.3, -0.25) is 4.79 Å². The molecule has 0 spiro atoms. The fourth-order valence-corrected chi connectivity index (χ4v) is 2.19. The maximum Gasteiger partial charge on any atom is 0.273 e. The third-order valence-electron chi connectivity index (χ3n) is 2.92. The second-order valence-corrected chi connectivity index (χ2v) is 4.94. The molecule has 6 nitrogen and oxygen atoms in total. The molecule has 0 saturated heterocycles. The highest BCUT2D eigenvalue weighted by atomic mass is 35.5. The van der Waals surface area contributed by atoms with Crippen molar-refractivity contribution >= 4 is 17.5 Å². The first kappa shape index (κ1) is 15.5. The van der Waals surface area contributed by atoms with E-state index in [9.17, 15) is 4.79 Å². The van der Waals surface area contributed by atoms with Crippen LogP contribution in [0.4, 0.5) is 0 Å². The van der Waals surface area contributed by atoms with E-state index in [1.165, 1.54) is 0 Å². The van der Waals surface area contributed by atoms with Crippen molar-refractivity contribution in [1.29, 1.82) is 0 Å². The quantitative estimate of drug-likeness (QED) is 0.849. The summed E-state index contributed by atoms with van der Waals surface area (Å²) in [7, 11) is 0. The molecule has 0 unspecified atom stereocenters. The second-order valence-electron chi connectivity index (χ2n) is 4.51. The number of aromatic nitrogens is 3. The van der Waals surface area contributed by atoms with E-state index in [-0.39, 0.29) is 24.8 Å². The minimum absolute atomic E-state index is 0.114. The van der Waals surface area contributed by atoms with Crippen LogP contribution in [0.5, 0.6) is 0 Å². The van der Waals surface area contributed by atoms with Crippen molar-refractivity contribution in [3.63, 3.8) is 0 Å². The van der Waals surface area contributed by atoms with Crippen molar-refractivity contribution in [1.82, 2.24) is 20.3 Å². The molecule has 2 aromatic rings. The second kappa shape index (κ2) is 7.19. The highest BCUT2D eigenvalue weighted by Gasteiger charge is 2.19. The Labute approximate surface area is 127 Å². The molecule has 21 heavy (non-hydrogen) atoms. The average Bonchev–Trinajstić information content (AvgIpc) is 2.89. The molecule has 1 aromatic carbocycles. The largest absolute Gasteiger partial charge is 0.395 e. The van der Waals surface area contributed by atoms with Crippen molar-refractivity contribution in [2.75, 3.05) is 13.2 Å². The van der Waals surface area contributed by atoms with Crippen LogP contribution in [0.2, 0.25) is 5.02 Å². The van der Waals surface area contributed by atoms with Gasteiger partial charge in [-0.2, -0.15) is 0 Å². The number of rotatable bonds is 6. The molecule has 0 aliphatic heterocycles. The summed E-state index contributed by atoms with van der Waals surface area (Å²) in [5.74, 6) is -0.333. The van der Waals surface area contributed by atoms with Gasteiger partial charge in [-0.25, -0.2) is 4.68 Å². The monoisotopic (exact) mass is 308 g/mol. The van der Waals surface area contributed by atoms with Gasteiger partial charge in [0.25, 0.3) is 5.91 Å². The van der Waals surface area contributed by atoms with Crippen LogP contribution in [0.25, 0.3) is 5.69 Å². The summed E-state index contributed by atoms with van der Waals surface area (Å²) in [6.45, 7) is 2.09. The van der Waals surface area contributed by atoms with Crippen LogP contribution in [0.1, 0.15) is 29.5 Å². The van der Waals surface area contributed by atoms with Gasteiger partial charge >= 0.3 is 0 Å². The Morgan fingerprint density at radius 3 is 2.95 bits per heavy atom. The van der Waals surface area contributed by atoms with E-state index < -0.39 is 0 Å². The number of benzene rings is 1. The van der Waals surface area contributed by atoms with Gasteiger partial charge in [0.15, 0.2) is 5.69 Å². The first-order valence-electron chi connectivity index (χ1n) is 6.77. The van der Waals surface area contributed by atoms with Crippen molar-refractivity contribution in [3.8, 4) is 5.69 Å². The number of halogens is 1. The lowest BCUT2D eigenvalue weighted by atomic mass is 10.2. The summed E-state index contributed by atoms with van der Waals surface area (Å²) in [5, 5.41) is 20.0. The predicted molar refractivity (Wildman–Crippen MR) is 79.8 cm³/mol. The topological polar surface area (TPSA) is 80.0 Å². The van der Waals surface area contributed by atoms with E-state index >= 15 is 0 Å². The van der Waals surface area contributed by atoms with E-state index in [0.717, 1.165) is 17.8 Å². The van der Waals surface area contributed by atoms with Crippen LogP contribution in [0.15, 0.2) is 24.3 Å². The van der Waals surface area contributed by atoms with Crippen LogP contribution in [0.3, 0.4) is 0 Å². The SMILES string of the molecule is CCCc1c(C(=O)NCCO)nnn1-c1cccc(Cl)c1. The van der Waals surface area contributed by atoms with Crippen molar-refractivity contribution in [2.24, 2.45) is 0 Å². The maximum absolute atomic E-state index is 12.0. The van der Waals surface area contributed by atoms with Gasteiger partial charge in [0.1, 0.15) is 0 Å². The lowest BCUT2D eigenvalue weighted by Gasteiger charge is -2.07. The molecule has 0 fully saturated rings. The molecule has 0 radical (unpaired) electrons. The Balaban J connectivity index is 2.39. The number of nitrogens with one attached hydrogen (secondary N) is 1. The third kappa shape index (κ3) is 3.59. The Morgan fingerprint density at radius 2 is 2.29 bits per heavy atom. The summed E-state index contributed by atoms with van der Waals surface area (Å²) >= 11 is 5.99. The van der Waals surface area contributed by atoms with Crippen molar-refractivity contribution in [3.05, 3.63) is 40.7 Å². The van der Waals surface area contributed by atoms with Gasteiger partial charge in [0.05, 0.1) is 18.0 Å². The number of carbonyl (C=O) groups is 1. The van der Waals surface area contributed by atoms with Gasteiger partial charge < -0.3 is 10.4 Å². The van der Waals surface area contributed by atoms with Crippen LogP contribution in [0, 0.1) is 0 Å². The smallest absolute Gasteiger partial charge is 0.273 e. The molecule has 2 rings (SSSR count). The highest BCUT2D eigenvalue weighted by Crippen LogP contribution is 2.18. The summed E-state index contributed by atoms with van der Waals surface area (Å²) in [4.78, 5) is 12.0. The average molecular weight is 309 g/mol. The summed E-state index contributed by atoms with van der Waals surface area (Å²) in [5.41, 5.74) is 1.78. The lowest BCUT2D eigenvalue weighted by Crippen LogP contribution is -2.27. The summed E-state index contributed by atoms with van der Waals surface area (Å²) < 4.78 is 1.63. The minimum atomic E-state index is -0.333. The van der Waals surface area contributed by atoms with E-state index in [4.69, 9.17) is 16.7 Å². The fourth-order valence-electron chi connectivity index (χ4n) is 2.01. The van der Waals surface area contributed by atoms with Gasteiger partial charge in [0, 0.05) is 11.6 Å².